The molecule has 0 radical (unpaired) electrons. The molecule has 18 aromatic carbocycles. The second-order valence-corrected chi connectivity index (χ2v) is 33.8. The third-order valence-electron chi connectivity index (χ3n) is 24.0. The van der Waals surface area contributed by atoms with Crippen LogP contribution in [0.3, 0.4) is 0 Å². The molecule has 4 aliphatic heterocycles. The smallest absolute Gasteiger partial charge is 0.346 e. The highest BCUT2D eigenvalue weighted by Crippen LogP contribution is 2.61. The van der Waals surface area contributed by atoms with Crippen molar-refractivity contribution in [1.29, 1.82) is 0 Å². The van der Waals surface area contributed by atoms with E-state index >= 15 is 0 Å². The number of cyclic esters (lactones) is 4. The number of carbonyl (C=O) groups excluding carboxylic acids is 8. The molecule has 1 unspecified atom stereocenters. The van der Waals surface area contributed by atoms with Gasteiger partial charge in [-0.15, -0.1) is 19.3 Å². The molecule has 4 amide bonds. The zero-order chi connectivity index (χ0) is 93.1. The maximum absolute atomic E-state index is 14.8. The highest BCUT2D eigenvalue weighted by atomic mass is 79.9. The van der Waals surface area contributed by atoms with Crippen LogP contribution >= 0.6 is 35.7 Å². The average Bonchev–Trinajstić information content (AvgIpc) is 0.684. The van der Waals surface area contributed by atoms with E-state index in [-0.39, 0.29) is 123 Å². The Bertz CT molecular complexity index is 7370. The number of terminal acetylenes is 3. The molecule has 4 heterocycles. The quantitative estimate of drug-likeness (QED) is 0.0113. The molecule has 0 N–H and O–H groups in total. The van der Waals surface area contributed by atoms with E-state index < -0.39 is 47.5 Å². The Morgan fingerprint density at radius 2 is 0.375 bits per heavy atom. The Hall–Kier alpha value is -16.5. The first-order valence-corrected chi connectivity index (χ1v) is 43.7. The van der Waals surface area contributed by atoms with Crippen LogP contribution in [0.25, 0.3) is 86.2 Å². The summed E-state index contributed by atoms with van der Waals surface area (Å²) in [7, 11) is 0. The maximum Gasteiger partial charge on any atom is 0.346 e. The number of halogens is 1. The molecule has 0 aliphatic carbocycles. The van der Waals surface area contributed by atoms with Gasteiger partial charge < -0.3 is 57.3 Å². The lowest BCUT2D eigenvalue weighted by Gasteiger charge is -2.32. The van der Waals surface area contributed by atoms with Gasteiger partial charge in [0.05, 0.1) is 62.9 Å². The van der Waals surface area contributed by atoms with Gasteiger partial charge in [0.1, 0.15) is 92.0 Å². The van der Waals surface area contributed by atoms with Crippen LogP contribution in [0.15, 0.2) is 243 Å². The van der Waals surface area contributed by atoms with E-state index in [2.05, 4.69) is 33.7 Å². The SMILES string of the molecule is C#CCBr.C#CCN1C(=O)c2cc(Oc3ccc(C)cc3)c3c4c(Oc5ccc(C)cc5)cc5c6c(cc(Oc7ccc(C)cc7)c(c7c(Oc8ccc(C)cc8)cc(c2c37)C1=O)c64)C(=O)N(CC#C)C5=O.Cc1ccc(Oc2cc3c4c(cc(Oc5ccc(C)cc5)c5c6c(Oc7ccc(C)cc7)cc7c8c(cc(Oc9ccc(C)cc9)c(c2c45)c86)C(=O)OC7=O)C(=O)OC3=O)cc1.P.[PH2-]. The standard InChI is InChI=1S/C58H38N2O8.C52H32O10.C3H3Br.H3P.H2P/c1-7-25-59-55(61)39-27-43(65-35-17-9-31(3)10-18-35)49-51-45(67-37-21-13-33(5)14-22-37)29-41-48-42(58(64)60(26-8-2)57(41)63)30-46(68-38-23-15-34(6)16-24-38)52(54(48)51)50-44(66-36-19-11-32(4)12-20-36)28-40(56(59)62)47(39)53(49)50;1-25-5-13-29(14-6-25)57-37-21-33-41-34(50(54)61-49(33)53)23-39(59-31-17-9-27(3)10-18-31)45-46-40(60-32-19-11-28(4)12-20-32)24-36-42-35(51(55)62-52(36)56)22-38(44(48(42)46)43(37)47(41)45)58-30-15-7-26(2)8-16-30;1-2-3-4;;/h1-2,9-24,27-30H,25-26H2,3-6H3;5-24H,1-4H3;1H,3H2;1H3;1H2/q;;;;-1. The molecule has 136 heavy (non-hydrogen) atoms. The van der Waals surface area contributed by atoms with Gasteiger partial charge in [0.25, 0.3) is 23.6 Å². The van der Waals surface area contributed by atoms with Crippen molar-refractivity contribution < 1.29 is 85.7 Å². The molecule has 22 rings (SSSR count). The number of alkyl halides is 1. The second-order valence-electron chi connectivity index (χ2n) is 33.2. The molecule has 18 aromatic rings. The molecule has 0 spiro atoms. The average molecular weight is 1890 g/mol. The predicted molar refractivity (Wildman–Crippen MR) is 537 cm³/mol. The number of benzene rings is 18. The van der Waals surface area contributed by atoms with Gasteiger partial charge >= 0.3 is 23.9 Å². The first kappa shape index (κ1) is 90.1. The molecule has 20 nitrogen and oxygen atoms in total. The minimum absolute atomic E-state index is 0. The minimum atomic E-state index is -0.863. The molecule has 0 fully saturated rings. The van der Waals surface area contributed by atoms with Crippen LogP contribution in [-0.4, -0.2) is 75.7 Å². The fourth-order valence-corrected chi connectivity index (χ4v) is 17.8. The van der Waals surface area contributed by atoms with Crippen molar-refractivity contribution in [3.05, 3.63) is 332 Å². The molecule has 1 atom stereocenters. The summed E-state index contributed by atoms with van der Waals surface area (Å²) in [5.41, 5.74) is 8.92. The van der Waals surface area contributed by atoms with Gasteiger partial charge in [-0.25, -0.2) is 19.2 Å². The zero-order valence-electron chi connectivity index (χ0n) is 74.4. The molecular weight excluding hydrogens is 1820 g/mol. The number of carbonyl (C=O) groups is 8. The molecule has 0 saturated carbocycles. The van der Waals surface area contributed by atoms with Crippen molar-refractivity contribution >= 4 is 169 Å². The second kappa shape index (κ2) is 35.9. The zero-order valence-corrected chi connectivity index (χ0v) is 78.5. The van der Waals surface area contributed by atoms with E-state index in [0.29, 0.717) is 138 Å². The summed E-state index contributed by atoms with van der Waals surface area (Å²) < 4.78 is 65.5. The number of ether oxygens (including phenoxy) is 10. The number of amides is 4. The van der Waals surface area contributed by atoms with Crippen LogP contribution in [0, 0.1) is 92.4 Å². The van der Waals surface area contributed by atoms with Gasteiger partial charge in [0.2, 0.25) is 0 Å². The van der Waals surface area contributed by atoms with Crippen LogP contribution in [-0.2, 0) is 9.47 Å². The van der Waals surface area contributed by atoms with Crippen molar-refractivity contribution in [3.63, 3.8) is 0 Å². The van der Waals surface area contributed by atoms with E-state index in [1.165, 1.54) is 0 Å². The van der Waals surface area contributed by atoms with Crippen LogP contribution < -0.4 is 37.9 Å². The number of esters is 4. The minimum Gasteiger partial charge on any atom is -0.577 e. The monoisotopic (exact) mass is 1890 g/mol. The van der Waals surface area contributed by atoms with Gasteiger partial charge in [0.15, 0.2) is 0 Å². The van der Waals surface area contributed by atoms with E-state index in [9.17, 15) is 38.4 Å². The van der Waals surface area contributed by atoms with Crippen molar-refractivity contribution in [2.24, 2.45) is 0 Å². The summed E-state index contributed by atoms with van der Waals surface area (Å²) in [6.07, 6.45) is 16.3. The number of imide groups is 2. The Balaban J connectivity index is 0.000000173. The fourth-order valence-electron chi connectivity index (χ4n) is 17.8. The topological polar surface area (TPSA) is 235 Å². The number of fused-ring (bicyclic) bond motifs is 4. The van der Waals surface area contributed by atoms with Crippen LogP contribution in [0.2, 0.25) is 0 Å². The van der Waals surface area contributed by atoms with Gasteiger partial charge in [-0.3, -0.25) is 29.0 Å². The van der Waals surface area contributed by atoms with Crippen LogP contribution in [0.1, 0.15) is 127 Å². The normalized spacial score (nSPS) is 12.8. The van der Waals surface area contributed by atoms with Gasteiger partial charge in [-0.1, -0.05) is 175 Å². The number of hydrogen-bond donors (Lipinski definition) is 0. The van der Waals surface area contributed by atoms with Crippen molar-refractivity contribution in [2.45, 2.75) is 55.4 Å². The summed E-state index contributed by atoms with van der Waals surface area (Å²) in [4.78, 5) is 117. The lowest BCUT2D eigenvalue weighted by molar-refractivity contribution is 0.0373. The Labute approximate surface area is 794 Å². The lowest BCUT2D eigenvalue weighted by atomic mass is 9.80. The van der Waals surface area contributed by atoms with Crippen LogP contribution in [0.5, 0.6) is 92.0 Å². The molecule has 4 aliphatic rings. The Morgan fingerprint density at radius 3 is 0.515 bits per heavy atom. The molecule has 0 aromatic heterocycles. The largest absolute Gasteiger partial charge is 0.577 e. The number of hydrogen-bond acceptors (Lipinski definition) is 18. The number of aryl methyl sites for hydroxylation is 8. The highest BCUT2D eigenvalue weighted by molar-refractivity contribution is 9.09. The molecule has 666 valence electrons. The molecule has 23 heteroatoms. The van der Waals surface area contributed by atoms with E-state index in [1.54, 1.807) is 97.1 Å². The van der Waals surface area contributed by atoms with E-state index in [0.717, 1.165) is 54.3 Å². The fraction of sp³-hybridized carbons (Fsp3) is 0.0973. The summed E-state index contributed by atoms with van der Waals surface area (Å²) in [6.45, 7) is 15.1. The molecular formula is C113H78BrN2O18P2-. The van der Waals surface area contributed by atoms with Crippen molar-refractivity contribution in [2.75, 3.05) is 18.4 Å². The van der Waals surface area contributed by atoms with E-state index in [4.69, 9.17) is 66.6 Å². The molecule has 0 bridgehead atoms. The highest BCUT2D eigenvalue weighted by Gasteiger charge is 2.44. The van der Waals surface area contributed by atoms with Gasteiger partial charge in [-0.05, 0) is 201 Å². The first-order chi connectivity index (χ1) is 64.8. The third kappa shape index (κ3) is 15.7. The van der Waals surface area contributed by atoms with E-state index in [1.807, 2.05) is 201 Å². The first-order valence-electron chi connectivity index (χ1n) is 42.6. The van der Waals surface area contributed by atoms with Crippen molar-refractivity contribution in [1.82, 2.24) is 9.80 Å². The third-order valence-corrected chi connectivity index (χ3v) is 24.4. The van der Waals surface area contributed by atoms with Gasteiger partial charge in [0, 0.05) is 86.2 Å². The summed E-state index contributed by atoms with van der Waals surface area (Å²) in [5.74, 6) is 6.60. The summed E-state index contributed by atoms with van der Waals surface area (Å²) in [6, 6.07) is 72.1. The van der Waals surface area contributed by atoms with Gasteiger partial charge in [-0.2, -0.15) is 9.90 Å². The Morgan fingerprint density at radius 1 is 0.235 bits per heavy atom. The predicted octanol–water partition coefficient (Wildman–Crippen LogP) is 26.8. The van der Waals surface area contributed by atoms with Crippen LogP contribution in [0.4, 0.5) is 0 Å². The summed E-state index contributed by atoms with van der Waals surface area (Å²) in [5, 5.41) is 6.76. The summed E-state index contributed by atoms with van der Waals surface area (Å²) >= 11 is 3.01. The van der Waals surface area contributed by atoms with Crippen molar-refractivity contribution in [3.8, 4) is 129 Å². The Kier molecular flexibility index (Phi) is 23.8. The lowest BCUT2D eigenvalue weighted by Crippen LogP contribution is -2.40. The number of nitrogens with zero attached hydrogens (tertiary/aromatic N) is 2. The molecule has 0 saturated heterocycles. The number of rotatable bonds is 18. The maximum atomic E-state index is 14.8.